The van der Waals surface area contributed by atoms with E-state index in [1.807, 2.05) is 13.8 Å². The number of hydrogen-bond donors (Lipinski definition) is 2. The van der Waals surface area contributed by atoms with E-state index in [0.717, 1.165) is 5.01 Å². The molecule has 0 radical (unpaired) electrons. The molecule has 1 rings (SSSR count). The molecule has 0 aliphatic heterocycles. The third-order valence-electron chi connectivity index (χ3n) is 1.30. The van der Waals surface area contributed by atoms with Gasteiger partial charge in [0.05, 0.1) is 6.54 Å². The van der Waals surface area contributed by atoms with Gasteiger partial charge in [-0.05, 0) is 13.8 Å². The van der Waals surface area contributed by atoms with Crippen molar-refractivity contribution in [3.63, 3.8) is 0 Å². The minimum Gasteiger partial charge on any atom is -0.355 e. The van der Waals surface area contributed by atoms with Crippen LogP contribution in [0.4, 0.5) is 5.13 Å². The summed E-state index contributed by atoms with van der Waals surface area (Å²) in [5.74, 6) is -0.0321. The van der Waals surface area contributed by atoms with Gasteiger partial charge in [0, 0.05) is 6.54 Å². The number of carbonyl (C=O) groups excluding carboxylic acids is 1. The number of nitrogens with one attached hydrogen (secondary N) is 2. The van der Waals surface area contributed by atoms with Crippen LogP contribution >= 0.6 is 11.3 Å². The summed E-state index contributed by atoms with van der Waals surface area (Å²) in [5, 5.41) is 14.8. The first-order chi connectivity index (χ1) is 6.22. The Morgan fingerprint density at radius 2 is 2.31 bits per heavy atom. The van der Waals surface area contributed by atoms with Crippen molar-refractivity contribution in [1.29, 1.82) is 0 Å². The molecule has 0 saturated heterocycles. The maximum absolute atomic E-state index is 11.0. The Morgan fingerprint density at radius 3 is 2.85 bits per heavy atom. The van der Waals surface area contributed by atoms with E-state index in [0.29, 0.717) is 11.7 Å². The molecule has 0 saturated carbocycles. The van der Waals surface area contributed by atoms with Crippen molar-refractivity contribution in [3.05, 3.63) is 5.01 Å². The number of amides is 1. The van der Waals surface area contributed by atoms with E-state index >= 15 is 0 Å². The predicted octanol–water partition coefficient (Wildman–Crippen LogP) is 0.395. The van der Waals surface area contributed by atoms with Crippen LogP contribution in [-0.4, -0.2) is 29.2 Å². The van der Waals surface area contributed by atoms with Crippen molar-refractivity contribution in [2.45, 2.75) is 13.8 Å². The van der Waals surface area contributed by atoms with Crippen molar-refractivity contribution in [1.82, 2.24) is 15.5 Å². The van der Waals surface area contributed by atoms with E-state index in [2.05, 4.69) is 20.8 Å². The van der Waals surface area contributed by atoms with Crippen LogP contribution in [0.2, 0.25) is 0 Å². The SMILES string of the molecule is CCNC(=O)CNc1nnc(C)s1. The molecule has 0 aliphatic rings. The van der Waals surface area contributed by atoms with Crippen molar-refractivity contribution < 1.29 is 4.79 Å². The first-order valence-electron chi connectivity index (χ1n) is 4.03. The number of nitrogens with zero attached hydrogens (tertiary/aromatic N) is 2. The second kappa shape index (κ2) is 4.76. The van der Waals surface area contributed by atoms with Gasteiger partial charge in [0.1, 0.15) is 5.01 Å². The Morgan fingerprint density at radius 1 is 1.54 bits per heavy atom. The number of anilines is 1. The number of aryl methyl sites for hydroxylation is 1. The summed E-state index contributed by atoms with van der Waals surface area (Å²) in [5.41, 5.74) is 0. The highest BCUT2D eigenvalue weighted by Gasteiger charge is 2.02. The lowest BCUT2D eigenvalue weighted by molar-refractivity contribution is -0.119. The molecule has 1 amide bonds. The molecule has 2 N–H and O–H groups in total. The number of aromatic nitrogens is 2. The number of carbonyl (C=O) groups is 1. The highest BCUT2D eigenvalue weighted by Crippen LogP contribution is 2.12. The third kappa shape index (κ3) is 3.37. The van der Waals surface area contributed by atoms with E-state index in [1.165, 1.54) is 11.3 Å². The minimum absolute atomic E-state index is 0.0321. The first-order valence-corrected chi connectivity index (χ1v) is 4.84. The lowest BCUT2D eigenvalue weighted by atomic mass is 10.5. The number of likely N-dealkylation sites (N-methyl/N-ethyl adjacent to an activating group) is 1. The van der Waals surface area contributed by atoms with Crippen LogP contribution in [0.1, 0.15) is 11.9 Å². The maximum Gasteiger partial charge on any atom is 0.239 e. The van der Waals surface area contributed by atoms with Gasteiger partial charge in [-0.3, -0.25) is 4.79 Å². The second-order valence-electron chi connectivity index (χ2n) is 2.43. The average molecular weight is 200 g/mol. The van der Waals surface area contributed by atoms with Crippen LogP contribution in [0, 0.1) is 6.92 Å². The molecule has 0 fully saturated rings. The largest absolute Gasteiger partial charge is 0.355 e. The molecule has 1 aromatic rings. The Bertz CT molecular complexity index is 286. The smallest absolute Gasteiger partial charge is 0.239 e. The van der Waals surface area contributed by atoms with Crippen LogP contribution in [0.25, 0.3) is 0 Å². The van der Waals surface area contributed by atoms with Crippen LogP contribution in [-0.2, 0) is 4.79 Å². The summed E-state index contributed by atoms with van der Waals surface area (Å²) in [6.45, 7) is 4.65. The zero-order valence-corrected chi connectivity index (χ0v) is 8.44. The van der Waals surface area contributed by atoms with E-state index in [1.54, 1.807) is 0 Å². The highest BCUT2D eigenvalue weighted by molar-refractivity contribution is 7.15. The molecule has 72 valence electrons. The zero-order valence-electron chi connectivity index (χ0n) is 7.63. The molecule has 0 unspecified atom stereocenters. The first kappa shape index (κ1) is 9.91. The molecule has 1 aromatic heterocycles. The Hall–Kier alpha value is -1.17. The molecular weight excluding hydrogens is 188 g/mol. The fraction of sp³-hybridized carbons (Fsp3) is 0.571. The third-order valence-corrected chi connectivity index (χ3v) is 2.10. The summed E-state index contributed by atoms with van der Waals surface area (Å²) >= 11 is 1.43. The standard InChI is InChI=1S/C7H12N4OS/c1-3-8-6(12)4-9-7-11-10-5(2)13-7/h3-4H2,1-2H3,(H,8,12)(H,9,11). The summed E-state index contributed by atoms with van der Waals surface area (Å²) < 4.78 is 0. The number of hydrogen-bond acceptors (Lipinski definition) is 5. The normalized spacial score (nSPS) is 9.69. The van der Waals surface area contributed by atoms with Gasteiger partial charge < -0.3 is 10.6 Å². The van der Waals surface area contributed by atoms with Crippen LogP contribution in [0.3, 0.4) is 0 Å². The fourth-order valence-electron chi connectivity index (χ4n) is 0.784. The van der Waals surface area contributed by atoms with Crippen LogP contribution < -0.4 is 10.6 Å². The van der Waals surface area contributed by atoms with Gasteiger partial charge >= 0.3 is 0 Å². The minimum atomic E-state index is -0.0321. The van der Waals surface area contributed by atoms with E-state index in [9.17, 15) is 4.79 Å². The van der Waals surface area contributed by atoms with Crippen molar-refractivity contribution >= 4 is 22.4 Å². The Balaban J connectivity index is 2.30. The Labute approximate surface area is 80.6 Å². The molecule has 0 bridgehead atoms. The molecule has 1 heterocycles. The van der Waals surface area contributed by atoms with Crippen molar-refractivity contribution in [2.24, 2.45) is 0 Å². The van der Waals surface area contributed by atoms with Gasteiger partial charge in [0.2, 0.25) is 11.0 Å². The van der Waals surface area contributed by atoms with Gasteiger partial charge in [-0.2, -0.15) is 0 Å². The van der Waals surface area contributed by atoms with Crippen molar-refractivity contribution in [2.75, 3.05) is 18.4 Å². The predicted molar refractivity (Wildman–Crippen MR) is 51.8 cm³/mol. The lowest BCUT2D eigenvalue weighted by Crippen LogP contribution is -2.29. The molecule has 13 heavy (non-hydrogen) atoms. The summed E-state index contributed by atoms with van der Waals surface area (Å²) in [6.07, 6.45) is 0. The van der Waals surface area contributed by atoms with Crippen LogP contribution in [0.15, 0.2) is 0 Å². The van der Waals surface area contributed by atoms with Gasteiger partial charge in [0.15, 0.2) is 0 Å². The molecular formula is C7H12N4OS. The molecule has 5 nitrogen and oxygen atoms in total. The molecule has 0 aromatic carbocycles. The number of rotatable bonds is 4. The fourth-order valence-corrected chi connectivity index (χ4v) is 1.37. The average Bonchev–Trinajstić information content (AvgIpc) is 2.49. The zero-order chi connectivity index (χ0) is 9.68. The summed E-state index contributed by atoms with van der Waals surface area (Å²) in [6, 6.07) is 0. The quantitative estimate of drug-likeness (QED) is 0.738. The van der Waals surface area contributed by atoms with Gasteiger partial charge in [-0.15, -0.1) is 10.2 Å². The monoisotopic (exact) mass is 200 g/mol. The summed E-state index contributed by atoms with van der Waals surface area (Å²) in [4.78, 5) is 11.0. The van der Waals surface area contributed by atoms with E-state index in [4.69, 9.17) is 0 Å². The molecule has 6 heteroatoms. The Kier molecular flexibility index (Phi) is 3.63. The molecule has 0 aliphatic carbocycles. The van der Waals surface area contributed by atoms with Gasteiger partial charge in [-0.1, -0.05) is 11.3 Å². The maximum atomic E-state index is 11.0. The molecule has 0 atom stereocenters. The molecule has 0 spiro atoms. The van der Waals surface area contributed by atoms with Crippen LogP contribution in [0.5, 0.6) is 0 Å². The topological polar surface area (TPSA) is 66.9 Å². The summed E-state index contributed by atoms with van der Waals surface area (Å²) in [7, 11) is 0. The second-order valence-corrected chi connectivity index (χ2v) is 3.61. The van der Waals surface area contributed by atoms with E-state index in [-0.39, 0.29) is 12.5 Å². The lowest BCUT2D eigenvalue weighted by Gasteiger charge is -2.01. The van der Waals surface area contributed by atoms with Crippen molar-refractivity contribution in [3.8, 4) is 0 Å². The highest BCUT2D eigenvalue weighted by atomic mass is 32.1. The van der Waals surface area contributed by atoms with E-state index < -0.39 is 0 Å². The van der Waals surface area contributed by atoms with Gasteiger partial charge in [0.25, 0.3) is 0 Å². The van der Waals surface area contributed by atoms with Gasteiger partial charge in [-0.25, -0.2) is 0 Å².